The van der Waals surface area contributed by atoms with Gasteiger partial charge in [-0.2, -0.15) is 0 Å². The highest BCUT2D eigenvalue weighted by Gasteiger charge is 2.23. The summed E-state index contributed by atoms with van der Waals surface area (Å²) in [4.78, 5) is 11.7. The second-order valence-corrected chi connectivity index (χ2v) is 5.75. The fourth-order valence-corrected chi connectivity index (χ4v) is 3.07. The summed E-state index contributed by atoms with van der Waals surface area (Å²) >= 11 is 0. The van der Waals surface area contributed by atoms with Crippen LogP contribution in [0.4, 0.5) is 0 Å². The van der Waals surface area contributed by atoms with Crippen molar-refractivity contribution in [2.45, 2.75) is 63.5 Å². The van der Waals surface area contributed by atoms with Crippen LogP contribution in [-0.4, -0.2) is 36.2 Å². The van der Waals surface area contributed by atoms with Gasteiger partial charge in [0.05, 0.1) is 6.10 Å². The van der Waals surface area contributed by atoms with Gasteiger partial charge in [-0.15, -0.1) is 0 Å². The molecule has 1 aliphatic carbocycles. The van der Waals surface area contributed by atoms with Crippen LogP contribution in [0.3, 0.4) is 0 Å². The number of hydrogen-bond acceptors (Lipinski definition) is 3. The van der Waals surface area contributed by atoms with Crippen molar-refractivity contribution in [2.24, 2.45) is 5.92 Å². The molecule has 18 heavy (non-hydrogen) atoms. The quantitative estimate of drug-likeness (QED) is 0.690. The Morgan fingerprint density at radius 3 is 2.78 bits per heavy atom. The lowest BCUT2D eigenvalue weighted by Crippen LogP contribution is -2.37. The third-order valence-corrected chi connectivity index (χ3v) is 4.31. The topological polar surface area (TPSA) is 61.4 Å². The Hall–Kier alpha value is -0.610. The minimum Gasteiger partial charge on any atom is -0.393 e. The number of carbonyl (C=O) groups is 1. The fourth-order valence-electron chi connectivity index (χ4n) is 3.07. The summed E-state index contributed by atoms with van der Waals surface area (Å²) in [5.41, 5.74) is 0. The molecule has 0 aromatic rings. The van der Waals surface area contributed by atoms with Crippen LogP contribution in [0.5, 0.6) is 0 Å². The zero-order valence-corrected chi connectivity index (χ0v) is 11.2. The number of rotatable bonds is 5. The standard InChI is InChI=1S/C14H26N2O2/c17-13-6-2-1-4-11(13)10-16-14(18)8-7-12-5-3-9-15-12/h11-13,15,17H,1-10H2,(H,16,18). The molecule has 0 aromatic carbocycles. The minimum absolute atomic E-state index is 0.140. The van der Waals surface area contributed by atoms with E-state index < -0.39 is 0 Å². The lowest BCUT2D eigenvalue weighted by molar-refractivity contribution is -0.121. The van der Waals surface area contributed by atoms with Gasteiger partial charge < -0.3 is 15.7 Å². The van der Waals surface area contributed by atoms with E-state index in [9.17, 15) is 9.90 Å². The fraction of sp³-hybridized carbons (Fsp3) is 0.929. The van der Waals surface area contributed by atoms with Crippen molar-refractivity contribution in [3.05, 3.63) is 0 Å². The van der Waals surface area contributed by atoms with Crippen LogP contribution < -0.4 is 10.6 Å². The van der Waals surface area contributed by atoms with Crippen molar-refractivity contribution in [3.8, 4) is 0 Å². The summed E-state index contributed by atoms with van der Waals surface area (Å²) in [7, 11) is 0. The average molecular weight is 254 g/mol. The molecule has 104 valence electrons. The first kappa shape index (κ1) is 13.8. The predicted molar refractivity (Wildman–Crippen MR) is 71.2 cm³/mol. The third-order valence-electron chi connectivity index (χ3n) is 4.31. The van der Waals surface area contributed by atoms with Gasteiger partial charge in [0.25, 0.3) is 0 Å². The molecule has 0 radical (unpaired) electrons. The molecule has 2 rings (SSSR count). The molecule has 3 N–H and O–H groups in total. The summed E-state index contributed by atoms with van der Waals surface area (Å²) in [5.74, 6) is 0.411. The molecule has 1 saturated heterocycles. The summed E-state index contributed by atoms with van der Waals surface area (Å²) in [6.45, 7) is 1.75. The van der Waals surface area contributed by atoms with Gasteiger partial charge in [0, 0.05) is 24.9 Å². The Balaban J connectivity index is 1.58. The molecule has 3 unspecified atom stereocenters. The van der Waals surface area contributed by atoms with Crippen LogP contribution >= 0.6 is 0 Å². The Kier molecular flexibility index (Phi) is 5.45. The normalized spacial score (nSPS) is 32.4. The number of carbonyl (C=O) groups excluding carboxylic acids is 1. The van der Waals surface area contributed by atoms with Gasteiger partial charge in [0.2, 0.25) is 5.91 Å². The molecule has 2 aliphatic rings. The number of aliphatic hydroxyl groups excluding tert-OH is 1. The summed E-state index contributed by atoms with van der Waals surface area (Å²) in [6, 6.07) is 0.538. The van der Waals surface area contributed by atoms with Crippen LogP contribution in [0.15, 0.2) is 0 Å². The molecular formula is C14H26N2O2. The number of aliphatic hydroxyl groups is 1. The molecule has 2 fully saturated rings. The molecule has 1 heterocycles. The van der Waals surface area contributed by atoms with Gasteiger partial charge in [-0.3, -0.25) is 4.79 Å². The highest BCUT2D eigenvalue weighted by molar-refractivity contribution is 5.75. The largest absolute Gasteiger partial charge is 0.393 e. The third kappa shape index (κ3) is 4.25. The van der Waals surface area contributed by atoms with E-state index in [1.807, 2.05) is 0 Å². The molecule has 0 aromatic heterocycles. The monoisotopic (exact) mass is 254 g/mol. The molecule has 4 nitrogen and oxygen atoms in total. The van der Waals surface area contributed by atoms with E-state index in [-0.39, 0.29) is 17.9 Å². The zero-order chi connectivity index (χ0) is 12.8. The summed E-state index contributed by atoms with van der Waals surface area (Å²) < 4.78 is 0. The maximum absolute atomic E-state index is 11.7. The van der Waals surface area contributed by atoms with E-state index in [2.05, 4.69) is 10.6 Å². The van der Waals surface area contributed by atoms with Crippen molar-refractivity contribution in [2.75, 3.05) is 13.1 Å². The van der Waals surface area contributed by atoms with Gasteiger partial charge in [-0.1, -0.05) is 12.8 Å². The van der Waals surface area contributed by atoms with Crippen molar-refractivity contribution in [1.82, 2.24) is 10.6 Å². The minimum atomic E-state index is -0.212. The lowest BCUT2D eigenvalue weighted by atomic mass is 9.86. The maximum Gasteiger partial charge on any atom is 0.220 e. The zero-order valence-electron chi connectivity index (χ0n) is 11.2. The molecule has 3 atom stereocenters. The SMILES string of the molecule is O=C(CCC1CCCN1)NCC1CCCCC1O. The summed E-state index contributed by atoms with van der Waals surface area (Å²) in [6.07, 6.45) is 8.03. The van der Waals surface area contributed by atoms with Crippen LogP contribution in [0.2, 0.25) is 0 Å². The lowest BCUT2D eigenvalue weighted by Gasteiger charge is -2.27. The second-order valence-electron chi connectivity index (χ2n) is 5.75. The molecule has 1 amide bonds. The second kappa shape index (κ2) is 7.10. The Morgan fingerprint density at radius 1 is 1.22 bits per heavy atom. The van der Waals surface area contributed by atoms with E-state index in [4.69, 9.17) is 0 Å². The van der Waals surface area contributed by atoms with Crippen LogP contribution in [0.25, 0.3) is 0 Å². The first-order valence-corrected chi connectivity index (χ1v) is 7.44. The Labute approximate surface area is 110 Å². The smallest absolute Gasteiger partial charge is 0.220 e. The Bertz CT molecular complexity index is 265. The first-order valence-electron chi connectivity index (χ1n) is 7.44. The molecule has 1 aliphatic heterocycles. The van der Waals surface area contributed by atoms with E-state index in [1.54, 1.807) is 0 Å². The van der Waals surface area contributed by atoms with Gasteiger partial charge in [0.1, 0.15) is 0 Å². The van der Waals surface area contributed by atoms with Crippen molar-refractivity contribution in [1.29, 1.82) is 0 Å². The number of amides is 1. The van der Waals surface area contributed by atoms with E-state index in [0.717, 1.165) is 32.2 Å². The van der Waals surface area contributed by atoms with E-state index in [1.165, 1.54) is 19.3 Å². The van der Waals surface area contributed by atoms with Crippen LogP contribution in [0, 0.1) is 5.92 Å². The van der Waals surface area contributed by atoms with Gasteiger partial charge in [-0.05, 0) is 38.6 Å². The molecule has 0 bridgehead atoms. The highest BCUT2D eigenvalue weighted by Crippen LogP contribution is 2.23. The van der Waals surface area contributed by atoms with Crippen molar-refractivity contribution >= 4 is 5.91 Å². The number of nitrogens with one attached hydrogen (secondary N) is 2. The average Bonchev–Trinajstić information content (AvgIpc) is 2.88. The molecular weight excluding hydrogens is 228 g/mol. The number of hydrogen-bond donors (Lipinski definition) is 3. The van der Waals surface area contributed by atoms with Crippen molar-refractivity contribution in [3.63, 3.8) is 0 Å². The maximum atomic E-state index is 11.7. The van der Waals surface area contributed by atoms with Crippen LogP contribution in [0.1, 0.15) is 51.4 Å². The van der Waals surface area contributed by atoms with Gasteiger partial charge in [0.15, 0.2) is 0 Å². The van der Waals surface area contributed by atoms with E-state index in [0.29, 0.717) is 19.0 Å². The summed E-state index contributed by atoms with van der Waals surface area (Å²) in [5, 5.41) is 16.2. The predicted octanol–water partition coefficient (Wildman–Crippen LogP) is 1.19. The first-order chi connectivity index (χ1) is 8.75. The molecule has 4 heteroatoms. The highest BCUT2D eigenvalue weighted by atomic mass is 16.3. The molecule has 0 spiro atoms. The molecule has 1 saturated carbocycles. The Morgan fingerprint density at radius 2 is 2.06 bits per heavy atom. The van der Waals surface area contributed by atoms with Gasteiger partial charge >= 0.3 is 0 Å². The van der Waals surface area contributed by atoms with Gasteiger partial charge in [-0.25, -0.2) is 0 Å². The van der Waals surface area contributed by atoms with Crippen molar-refractivity contribution < 1.29 is 9.90 Å². The van der Waals surface area contributed by atoms with Crippen LogP contribution in [-0.2, 0) is 4.79 Å². The van der Waals surface area contributed by atoms with E-state index >= 15 is 0 Å².